The van der Waals surface area contributed by atoms with Gasteiger partial charge in [-0.1, -0.05) is 0 Å². The number of nitrogens with zero attached hydrogens (tertiary/aromatic N) is 2. The molecule has 0 aliphatic heterocycles. The molecule has 12 N–H and O–H groups in total. The summed E-state index contributed by atoms with van der Waals surface area (Å²) < 4.78 is 0. The zero-order valence-electron chi connectivity index (χ0n) is 26.0. The number of nitro groups is 2. The van der Waals surface area contributed by atoms with Crippen LogP contribution < -0.4 is 21.3 Å². The minimum absolute atomic E-state index is 0.552. The third kappa shape index (κ3) is 10.9. The second-order valence-corrected chi connectivity index (χ2v) is 10.5. The third-order valence-corrected chi connectivity index (χ3v) is 6.73. The molecule has 0 radical (unpaired) electrons. The van der Waals surface area contributed by atoms with Gasteiger partial charge in [0.25, 0.3) is 35.0 Å². The molecule has 0 fully saturated rings. The van der Waals surface area contributed by atoms with Gasteiger partial charge in [-0.3, -0.25) is 39.4 Å². The van der Waals surface area contributed by atoms with Crippen LogP contribution in [0.2, 0.25) is 0 Å². The smallest absolute Gasteiger partial charge is 0.279 e. The van der Waals surface area contributed by atoms with Crippen molar-refractivity contribution >= 4 is 35.0 Å². The van der Waals surface area contributed by atoms with E-state index >= 15 is 0 Å². The standard InChI is InChI=1S/C28H36N6O16/c35-9-15(39)5-29-25(43)13-1-19(27(45)31-7-17(41)11-37)23(21(3-13)33(47)48)24-20(28(46)32-8-18(42)12-38)2-14(4-22(24)34(49)50)26(44)30-6-16(40)10-36/h1-4,15-18,35-42H,5-12H2,(H,29,43)(H,30,44)(H,31,45)(H,32,46). The molecule has 0 aliphatic carbocycles. The number of carbonyl (C=O) groups excluding carboxylic acids is 4. The van der Waals surface area contributed by atoms with E-state index in [-0.39, 0.29) is 0 Å². The molecule has 274 valence electrons. The lowest BCUT2D eigenvalue weighted by molar-refractivity contribution is -0.386. The topological polar surface area (TPSA) is 365 Å². The van der Waals surface area contributed by atoms with E-state index in [2.05, 4.69) is 21.3 Å². The second kappa shape index (κ2) is 19.1. The maximum Gasteiger partial charge on any atom is 0.279 e. The van der Waals surface area contributed by atoms with E-state index in [1.54, 1.807) is 0 Å². The van der Waals surface area contributed by atoms with Crippen molar-refractivity contribution in [1.82, 2.24) is 21.3 Å². The number of benzene rings is 2. The van der Waals surface area contributed by atoms with Gasteiger partial charge in [-0.15, -0.1) is 0 Å². The highest BCUT2D eigenvalue weighted by Gasteiger charge is 2.36. The van der Waals surface area contributed by atoms with Crippen LogP contribution in [-0.2, 0) is 0 Å². The molecule has 0 heterocycles. The highest BCUT2D eigenvalue weighted by molar-refractivity contribution is 6.13. The fraction of sp³-hybridized carbons (Fsp3) is 0.429. The van der Waals surface area contributed by atoms with Crippen molar-refractivity contribution in [3.63, 3.8) is 0 Å². The van der Waals surface area contributed by atoms with Crippen molar-refractivity contribution in [3.05, 3.63) is 66.7 Å². The molecule has 2 rings (SSSR count). The Morgan fingerprint density at radius 1 is 0.520 bits per heavy atom. The molecule has 0 saturated carbocycles. The maximum absolute atomic E-state index is 13.5. The average molecular weight is 713 g/mol. The van der Waals surface area contributed by atoms with Crippen LogP contribution in [0.4, 0.5) is 11.4 Å². The van der Waals surface area contributed by atoms with E-state index in [4.69, 9.17) is 10.2 Å². The van der Waals surface area contributed by atoms with Gasteiger partial charge in [-0.25, -0.2) is 0 Å². The molecule has 0 saturated heterocycles. The van der Waals surface area contributed by atoms with E-state index in [1.807, 2.05) is 0 Å². The summed E-state index contributed by atoms with van der Waals surface area (Å²) in [7, 11) is 0. The monoisotopic (exact) mass is 712 g/mol. The van der Waals surface area contributed by atoms with E-state index in [1.165, 1.54) is 0 Å². The largest absolute Gasteiger partial charge is 0.394 e. The van der Waals surface area contributed by atoms with Gasteiger partial charge in [-0.05, 0) is 12.1 Å². The van der Waals surface area contributed by atoms with Gasteiger partial charge in [0.2, 0.25) is 0 Å². The molecule has 0 bridgehead atoms. The first kappa shape index (κ1) is 41.0. The molecule has 0 aliphatic rings. The SMILES string of the molecule is O=C(NCC(O)CO)c1cc(C(=O)NCC(O)CO)c(-c2c(C(=O)NCC(O)CO)cc(C(=O)NCC(O)CO)cc2[N+](=O)[O-])c([N+](=O)[O-])c1. The second-order valence-electron chi connectivity index (χ2n) is 10.5. The minimum Gasteiger partial charge on any atom is -0.394 e. The van der Waals surface area contributed by atoms with Crippen LogP contribution in [0.1, 0.15) is 41.4 Å². The van der Waals surface area contributed by atoms with E-state index in [0.717, 1.165) is 12.1 Å². The van der Waals surface area contributed by atoms with Gasteiger partial charge in [0.1, 0.15) is 0 Å². The summed E-state index contributed by atoms with van der Waals surface area (Å²) in [6.45, 7) is -5.70. The van der Waals surface area contributed by atoms with E-state index in [0.29, 0.717) is 12.1 Å². The van der Waals surface area contributed by atoms with Crippen LogP contribution in [0.3, 0.4) is 0 Å². The number of hydrogen-bond acceptors (Lipinski definition) is 16. The van der Waals surface area contributed by atoms with Crippen LogP contribution in [0.25, 0.3) is 11.1 Å². The molecule has 0 spiro atoms. The Hall–Kier alpha value is -5.20. The van der Waals surface area contributed by atoms with Crippen molar-refractivity contribution in [2.45, 2.75) is 24.4 Å². The molecular weight excluding hydrogens is 676 g/mol. The normalized spacial score (nSPS) is 13.4. The van der Waals surface area contributed by atoms with Crippen LogP contribution in [0.5, 0.6) is 0 Å². The number of hydrogen-bond donors (Lipinski definition) is 12. The first-order chi connectivity index (χ1) is 23.6. The maximum atomic E-state index is 13.5. The van der Waals surface area contributed by atoms with Crippen molar-refractivity contribution in [2.24, 2.45) is 0 Å². The Balaban J connectivity index is 3.05. The fourth-order valence-electron chi connectivity index (χ4n) is 4.18. The highest BCUT2D eigenvalue weighted by atomic mass is 16.6. The summed E-state index contributed by atoms with van der Waals surface area (Å²) in [5.41, 5.74) is -7.12. The molecule has 22 nitrogen and oxygen atoms in total. The Kier molecular flexibility index (Phi) is 15.7. The van der Waals surface area contributed by atoms with Crippen molar-refractivity contribution < 1.29 is 69.9 Å². The predicted molar refractivity (Wildman–Crippen MR) is 167 cm³/mol. The molecule has 2 aromatic carbocycles. The first-order valence-electron chi connectivity index (χ1n) is 14.5. The van der Waals surface area contributed by atoms with Gasteiger partial charge in [0, 0.05) is 49.4 Å². The number of carbonyl (C=O) groups is 4. The minimum atomic E-state index is -1.56. The Labute approximate surface area is 281 Å². The van der Waals surface area contributed by atoms with Gasteiger partial charge >= 0.3 is 0 Å². The molecule has 4 unspecified atom stereocenters. The summed E-state index contributed by atoms with van der Waals surface area (Å²) in [6, 6.07) is 2.66. The van der Waals surface area contributed by atoms with E-state index in [9.17, 15) is 70.0 Å². The van der Waals surface area contributed by atoms with Crippen LogP contribution in [0, 0.1) is 20.2 Å². The molecular formula is C28H36N6O16. The summed E-state index contributed by atoms with van der Waals surface area (Å²) in [5.74, 6) is -4.87. The summed E-state index contributed by atoms with van der Waals surface area (Å²) in [5, 5.41) is 109. The van der Waals surface area contributed by atoms with Crippen LogP contribution >= 0.6 is 0 Å². The van der Waals surface area contributed by atoms with Crippen molar-refractivity contribution in [1.29, 1.82) is 0 Å². The van der Waals surface area contributed by atoms with Crippen molar-refractivity contribution in [2.75, 3.05) is 52.6 Å². The quantitative estimate of drug-likeness (QED) is 0.0482. The molecule has 4 atom stereocenters. The molecule has 22 heteroatoms. The van der Waals surface area contributed by atoms with E-state index < -0.39 is 155 Å². The lowest BCUT2D eigenvalue weighted by Gasteiger charge is -2.18. The molecule has 0 aromatic heterocycles. The average Bonchev–Trinajstić information content (AvgIpc) is 3.11. The summed E-state index contributed by atoms with van der Waals surface area (Å²) in [6.07, 6.45) is -6.02. The number of aliphatic hydroxyl groups excluding tert-OH is 8. The Morgan fingerprint density at radius 2 is 0.780 bits per heavy atom. The lowest BCUT2D eigenvalue weighted by atomic mass is 9.88. The van der Waals surface area contributed by atoms with Crippen molar-refractivity contribution in [3.8, 4) is 11.1 Å². The van der Waals surface area contributed by atoms with Gasteiger partial charge < -0.3 is 62.1 Å². The lowest BCUT2D eigenvalue weighted by Crippen LogP contribution is -2.36. The van der Waals surface area contributed by atoms with Gasteiger partial charge in [-0.2, -0.15) is 0 Å². The van der Waals surface area contributed by atoms with Gasteiger partial charge in [0.05, 0.1) is 82.9 Å². The predicted octanol–water partition coefficient (Wildman–Crippen LogP) is -4.50. The van der Waals surface area contributed by atoms with Gasteiger partial charge in [0.15, 0.2) is 0 Å². The molecule has 4 amide bonds. The number of nitrogens with one attached hydrogen (secondary N) is 4. The zero-order valence-corrected chi connectivity index (χ0v) is 26.0. The summed E-state index contributed by atoms with van der Waals surface area (Å²) in [4.78, 5) is 75.6. The number of rotatable bonds is 19. The summed E-state index contributed by atoms with van der Waals surface area (Å²) >= 11 is 0. The fourth-order valence-corrected chi connectivity index (χ4v) is 4.18. The molecule has 2 aromatic rings. The highest BCUT2D eigenvalue weighted by Crippen LogP contribution is 2.42. The van der Waals surface area contributed by atoms with Crippen LogP contribution in [-0.4, -0.2) is 151 Å². The first-order valence-corrected chi connectivity index (χ1v) is 14.5. The third-order valence-electron chi connectivity index (χ3n) is 6.73. The number of nitro benzene ring substituents is 2. The van der Waals surface area contributed by atoms with Crippen LogP contribution in [0.15, 0.2) is 24.3 Å². The Morgan fingerprint density at radius 3 is 1.02 bits per heavy atom. The Bertz CT molecular complexity index is 1470. The number of aliphatic hydroxyl groups is 8. The number of amides is 4. The molecule has 50 heavy (non-hydrogen) atoms. The zero-order chi connectivity index (χ0) is 37.7.